The molecule has 0 N–H and O–H groups in total. The zero-order valence-electron chi connectivity index (χ0n) is 7.09. The fourth-order valence-corrected chi connectivity index (χ4v) is 1.14. The summed E-state index contributed by atoms with van der Waals surface area (Å²) < 4.78 is 0. The minimum atomic E-state index is 0.986. The monoisotopic (exact) mass is 149 g/mol. The van der Waals surface area contributed by atoms with E-state index in [9.17, 15) is 0 Å². The van der Waals surface area contributed by atoms with Crippen molar-refractivity contribution >= 4 is 0 Å². The first-order chi connectivity index (χ1) is 5.33. The standard InChI is InChI=1S/C10H15N/c1-3-11(2)9-10-7-5-4-6-8-10/h3,5,7-8H,1,4,6,9H2,2H3. The smallest absolute Gasteiger partial charge is 0.0417 e. The molecule has 0 atom stereocenters. The molecule has 0 unspecified atom stereocenters. The van der Waals surface area contributed by atoms with Crippen LogP contribution in [0.4, 0.5) is 0 Å². The summed E-state index contributed by atoms with van der Waals surface area (Å²) in [6.07, 6.45) is 11.0. The van der Waals surface area contributed by atoms with Gasteiger partial charge in [-0.05, 0) is 24.6 Å². The first kappa shape index (κ1) is 8.12. The fraction of sp³-hybridized carbons (Fsp3) is 0.400. The van der Waals surface area contributed by atoms with Crippen LogP contribution in [0.5, 0.6) is 0 Å². The molecule has 0 amide bonds. The Kier molecular flexibility index (Phi) is 2.96. The minimum absolute atomic E-state index is 0.986. The van der Waals surface area contributed by atoms with E-state index in [0.717, 1.165) is 6.54 Å². The highest BCUT2D eigenvalue weighted by molar-refractivity contribution is 5.23. The molecule has 1 rings (SSSR count). The molecule has 1 heteroatoms. The third-order valence-electron chi connectivity index (χ3n) is 1.82. The summed E-state index contributed by atoms with van der Waals surface area (Å²) in [6.45, 7) is 4.69. The van der Waals surface area contributed by atoms with Crippen molar-refractivity contribution in [3.63, 3.8) is 0 Å². The van der Waals surface area contributed by atoms with E-state index in [1.807, 2.05) is 13.2 Å². The first-order valence-electron chi connectivity index (χ1n) is 4.01. The highest BCUT2D eigenvalue weighted by Gasteiger charge is 1.97. The molecule has 0 aromatic carbocycles. The van der Waals surface area contributed by atoms with E-state index >= 15 is 0 Å². The molecule has 0 fully saturated rings. The van der Waals surface area contributed by atoms with Crippen LogP contribution in [-0.4, -0.2) is 18.5 Å². The van der Waals surface area contributed by atoms with Gasteiger partial charge in [0.1, 0.15) is 0 Å². The van der Waals surface area contributed by atoms with Gasteiger partial charge in [0.2, 0.25) is 0 Å². The number of likely N-dealkylation sites (N-methyl/N-ethyl adjacent to an activating group) is 1. The van der Waals surface area contributed by atoms with Crippen molar-refractivity contribution in [2.75, 3.05) is 13.6 Å². The van der Waals surface area contributed by atoms with Crippen molar-refractivity contribution in [1.29, 1.82) is 0 Å². The lowest BCUT2D eigenvalue weighted by Gasteiger charge is -2.15. The van der Waals surface area contributed by atoms with Gasteiger partial charge in [-0.1, -0.05) is 24.8 Å². The Morgan fingerprint density at radius 2 is 2.45 bits per heavy atom. The van der Waals surface area contributed by atoms with E-state index in [-0.39, 0.29) is 0 Å². The van der Waals surface area contributed by atoms with Crippen LogP contribution in [0, 0.1) is 0 Å². The van der Waals surface area contributed by atoms with Crippen LogP contribution in [-0.2, 0) is 0 Å². The third kappa shape index (κ3) is 2.62. The maximum atomic E-state index is 3.70. The summed E-state index contributed by atoms with van der Waals surface area (Å²) in [6, 6.07) is 0. The zero-order valence-corrected chi connectivity index (χ0v) is 7.09. The highest BCUT2D eigenvalue weighted by Crippen LogP contribution is 2.10. The number of hydrogen-bond acceptors (Lipinski definition) is 1. The highest BCUT2D eigenvalue weighted by atomic mass is 15.1. The molecule has 1 aliphatic carbocycles. The molecule has 11 heavy (non-hydrogen) atoms. The minimum Gasteiger partial charge on any atom is -0.377 e. The Bertz CT molecular complexity index is 189. The predicted molar refractivity (Wildman–Crippen MR) is 49.3 cm³/mol. The maximum Gasteiger partial charge on any atom is 0.0417 e. The molecule has 0 bridgehead atoms. The SMILES string of the molecule is C=CN(C)CC1=CCCC=C1. The van der Waals surface area contributed by atoms with Gasteiger partial charge in [-0.15, -0.1) is 0 Å². The van der Waals surface area contributed by atoms with E-state index in [2.05, 4.69) is 29.7 Å². The largest absolute Gasteiger partial charge is 0.377 e. The van der Waals surface area contributed by atoms with Crippen molar-refractivity contribution in [2.45, 2.75) is 12.8 Å². The van der Waals surface area contributed by atoms with Gasteiger partial charge in [-0.2, -0.15) is 0 Å². The summed E-state index contributed by atoms with van der Waals surface area (Å²) in [5.41, 5.74) is 1.40. The van der Waals surface area contributed by atoms with Crippen molar-refractivity contribution in [2.24, 2.45) is 0 Å². The molecule has 0 aromatic rings. The molecular formula is C10H15N. The first-order valence-corrected chi connectivity index (χ1v) is 4.01. The second-order valence-electron chi connectivity index (χ2n) is 2.86. The van der Waals surface area contributed by atoms with E-state index in [4.69, 9.17) is 0 Å². The summed E-state index contributed by atoms with van der Waals surface area (Å²) in [5, 5.41) is 0. The number of nitrogens with zero attached hydrogens (tertiary/aromatic N) is 1. The quantitative estimate of drug-likeness (QED) is 0.595. The van der Waals surface area contributed by atoms with Gasteiger partial charge in [0.25, 0.3) is 0 Å². The summed E-state index contributed by atoms with van der Waals surface area (Å²) in [5.74, 6) is 0. The van der Waals surface area contributed by atoms with Crippen molar-refractivity contribution in [1.82, 2.24) is 4.90 Å². The lowest BCUT2D eigenvalue weighted by Crippen LogP contribution is -2.13. The molecule has 0 aliphatic heterocycles. The average molecular weight is 149 g/mol. The lowest BCUT2D eigenvalue weighted by molar-refractivity contribution is 0.501. The van der Waals surface area contributed by atoms with E-state index in [1.54, 1.807) is 0 Å². The van der Waals surface area contributed by atoms with Gasteiger partial charge < -0.3 is 4.90 Å². The van der Waals surface area contributed by atoms with Gasteiger partial charge in [-0.25, -0.2) is 0 Å². The van der Waals surface area contributed by atoms with Gasteiger partial charge in [0, 0.05) is 13.6 Å². The van der Waals surface area contributed by atoms with Crippen LogP contribution >= 0.6 is 0 Å². The van der Waals surface area contributed by atoms with Crippen LogP contribution in [0.3, 0.4) is 0 Å². The molecule has 0 saturated carbocycles. The van der Waals surface area contributed by atoms with E-state index in [1.165, 1.54) is 18.4 Å². The maximum absolute atomic E-state index is 3.70. The van der Waals surface area contributed by atoms with Gasteiger partial charge in [0.05, 0.1) is 0 Å². The fourth-order valence-electron chi connectivity index (χ4n) is 1.14. The summed E-state index contributed by atoms with van der Waals surface area (Å²) in [4.78, 5) is 2.08. The van der Waals surface area contributed by atoms with Crippen LogP contribution in [0.25, 0.3) is 0 Å². The normalized spacial score (nSPS) is 15.9. The molecule has 0 radical (unpaired) electrons. The average Bonchev–Trinajstić information content (AvgIpc) is 2.06. The third-order valence-corrected chi connectivity index (χ3v) is 1.82. The number of allylic oxidation sites excluding steroid dienone is 2. The summed E-state index contributed by atoms with van der Waals surface area (Å²) >= 11 is 0. The molecule has 0 aromatic heterocycles. The van der Waals surface area contributed by atoms with Crippen molar-refractivity contribution in [3.05, 3.63) is 36.6 Å². The molecule has 1 nitrogen and oxygen atoms in total. The molecule has 0 heterocycles. The van der Waals surface area contributed by atoms with Crippen molar-refractivity contribution < 1.29 is 0 Å². The predicted octanol–water partition coefficient (Wildman–Crippen LogP) is 2.34. The molecule has 1 aliphatic rings. The Hall–Kier alpha value is -0.980. The van der Waals surface area contributed by atoms with Gasteiger partial charge in [0.15, 0.2) is 0 Å². The molecule has 0 saturated heterocycles. The molecule has 60 valence electrons. The van der Waals surface area contributed by atoms with Crippen LogP contribution < -0.4 is 0 Å². The van der Waals surface area contributed by atoms with Gasteiger partial charge >= 0.3 is 0 Å². The van der Waals surface area contributed by atoms with Crippen LogP contribution in [0.15, 0.2) is 36.6 Å². The molecular weight excluding hydrogens is 134 g/mol. The summed E-state index contributed by atoms with van der Waals surface area (Å²) in [7, 11) is 2.04. The Balaban J connectivity index is 2.42. The van der Waals surface area contributed by atoms with E-state index in [0.29, 0.717) is 0 Å². The second-order valence-corrected chi connectivity index (χ2v) is 2.86. The number of hydrogen-bond donors (Lipinski definition) is 0. The Labute approximate surface area is 68.7 Å². The second kappa shape index (κ2) is 4.02. The number of rotatable bonds is 3. The van der Waals surface area contributed by atoms with E-state index < -0.39 is 0 Å². The molecule has 0 spiro atoms. The Morgan fingerprint density at radius 3 is 3.00 bits per heavy atom. The zero-order chi connectivity index (χ0) is 8.10. The van der Waals surface area contributed by atoms with Crippen LogP contribution in [0.2, 0.25) is 0 Å². The lowest BCUT2D eigenvalue weighted by atomic mass is 10.1. The Morgan fingerprint density at radius 1 is 1.64 bits per heavy atom. The van der Waals surface area contributed by atoms with Crippen molar-refractivity contribution in [3.8, 4) is 0 Å². The van der Waals surface area contributed by atoms with Crippen LogP contribution in [0.1, 0.15) is 12.8 Å². The van der Waals surface area contributed by atoms with Gasteiger partial charge in [-0.3, -0.25) is 0 Å². The topological polar surface area (TPSA) is 3.24 Å².